The first-order chi connectivity index (χ1) is 5.24. The minimum absolute atomic E-state index is 0.623. The number of ether oxygens (including phenoxy) is 1. The average Bonchev–Trinajstić information content (AvgIpc) is 2.28. The maximum atomic E-state index is 5.21. The van der Waals surface area contributed by atoms with E-state index >= 15 is 0 Å². The molecule has 1 aromatic heterocycles. The SMILES string of the molecule is CCOCc1cn(C)c(C)n1. The molecular formula is C8H14N2O. The number of hydrogen-bond acceptors (Lipinski definition) is 2. The smallest absolute Gasteiger partial charge is 0.105 e. The summed E-state index contributed by atoms with van der Waals surface area (Å²) in [5.74, 6) is 1.03. The summed E-state index contributed by atoms with van der Waals surface area (Å²) in [4.78, 5) is 4.29. The van der Waals surface area contributed by atoms with Crippen LogP contribution in [0.15, 0.2) is 6.20 Å². The number of aromatic nitrogens is 2. The van der Waals surface area contributed by atoms with E-state index in [1.165, 1.54) is 0 Å². The molecule has 0 spiro atoms. The molecule has 3 heteroatoms. The van der Waals surface area contributed by atoms with Crippen molar-refractivity contribution in [2.24, 2.45) is 7.05 Å². The lowest BCUT2D eigenvalue weighted by atomic mass is 10.5. The quantitative estimate of drug-likeness (QED) is 0.655. The summed E-state index contributed by atoms with van der Waals surface area (Å²) in [7, 11) is 1.98. The van der Waals surface area contributed by atoms with Crippen LogP contribution in [-0.2, 0) is 18.4 Å². The van der Waals surface area contributed by atoms with Gasteiger partial charge in [0.1, 0.15) is 5.82 Å². The van der Waals surface area contributed by atoms with Crippen LogP contribution < -0.4 is 0 Å². The Balaban J connectivity index is 2.58. The highest BCUT2D eigenvalue weighted by molar-refractivity contribution is 5.00. The molecule has 0 radical (unpaired) electrons. The Bertz CT molecular complexity index is 210. The molecule has 0 N–H and O–H groups in total. The molecule has 3 nitrogen and oxygen atoms in total. The van der Waals surface area contributed by atoms with Gasteiger partial charge in [0.15, 0.2) is 0 Å². The van der Waals surface area contributed by atoms with Gasteiger partial charge in [0.25, 0.3) is 0 Å². The molecule has 0 aliphatic heterocycles. The van der Waals surface area contributed by atoms with Crippen molar-refractivity contribution in [2.75, 3.05) is 6.61 Å². The molecule has 0 aliphatic rings. The Morgan fingerprint density at radius 1 is 1.64 bits per heavy atom. The maximum absolute atomic E-state index is 5.21. The van der Waals surface area contributed by atoms with Crippen molar-refractivity contribution >= 4 is 0 Å². The van der Waals surface area contributed by atoms with Crippen LogP contribution in [0.3, 0.4) is 0 Å². The van der Waals surface area contributed by atoms with Crippen LogP contribution in [0.4, 0.5) is 0 Å². The standard InChI is InChI=1S/C8H14N2O/c1-4-11-6-8-5-10(3)7(2)9-8/h5H,4,6H2,1-3H3. The molecule has 1 heterocycles. The van der Waals surface area contributed by atoms with E-state index in [1.807, 2.05) is 31.7 Å². The van der Waals surface area contributed by atoms with Gasteiger partial charge in [-0.05, 0) is 13.8 Å². The van der Waals surface area contributed by atoms with Gasteiger partial charge in [0.2, 0.25) is 0 Å². The van der Waals surface area contributed by atoms with Gasteiger partial charge in [-0.3, -0.25) is 0 Å². The van der Waals surface area contributed by atoms with Gasteiger partial charge in [0.05, 0.1) is 12.3 Å². The molecule has 62 valence electrons. The molecule has 0 saturated heterocycles. The molecule has 0 bridgehead atoms. The first-order valence-corrected chi connectivity index (χ1v) is 3.80. The first kappa shape index (κ1) is 8.27. The van der Waals surface area contributed by atoms with E-state index in [1.54, 1.807) is 0 Å². The second-order valence-corrected chi connectivity index (χ2v) is 2.53. The summed E-state index contributed by atoms with van der Waals surface area (Å²) in [5.41, 5.74) is 1.01. The third-order valence-corrected chi connectivity index (χ3v) is 1.61. The van der Waals surface area contributed by atoms with E-state index in [-0.39, 0.29) is 0 Å². The second-order valence-electron chi connectivity index (χ2n) is 2.53. The lowest BCUT2D eigenvalue weighted by molar-refractivity contribution is 0.131. The van der Waals surface area contributed by atoms with Crippen molar-refractivity contribution in [3.63, 3.8) is 0 Å². The van der Waals surface area contributed by atoms with Gasteiger partial charge in [-0.25, -0.2) is 4.98 Å². The minimum atomic E-state index is 0.623. The summed E-state index contributed by atoms with van der Waals surface area (Å²) in [6.07, 6.45) is 1.99. The zero-order valence-corrected chi connectivity index (χ0v) is 7.29. The normalized spacial score (nSPS) is 10.5. The molecule has 0 atom stereocenters. The van der Waals surface area contributed by atoms with E-state index in [4.69, 9.17) is 4.74 Å². The minimum Gasteiger partial charge on any atom is -0.375 e. The predicted molar refractivity (Wildman–Crippen MR) is 43.3 cm³/mol. The molecule has 0 saturated carbocycles. The third kappa shape index (κ3) is 2.05. The highest BCUT2D eigenvalue weighted by Gasteiger charge is 1.98. The number of rotatable bonds is 3. The lowest BCUT2D eigenvalue weighted by Gasteiger charge is -1.94. The van der Waals surface area contributed by atoms with Crippen molar-refractivity contribution < 1.29 is 4.74 Å². The van der Waals surface area contributed by atoms with E-state index in [2.05, 4.69) is 4.98 Å². The van der Waals surface area contributed by atoms with Crippen LogP contribution >= 0.6 is 0 Å². The Hall–Kier alpha value is -0.830. The lowest BCUT2D eigenvalue weighted by Crippen LogP contribution is -1.91. The Morgan fingerprint density at radius 3 is 2.82 bits per heavy atom. The molecular weight excluding hydrogens is 140 g/mol. The van der Waals surface area contributed by atoms with Crippen LogP contribution in [0, 0.1) is 6.92 Å². The van der Waals surface area contributed by atoms with Crippen LogP contribution in [0.5, 0.6) is 0 Å². The van der Waals surface area contributed by atoms with Crippen molar-refractivity contribution in [3.05, 3.63) is 17.7 Å². The Labute approximate surface area is 67.0 Å². The third-order valence-electron chi connectivity index (χ3n) is 1.61. The van der Waals surface area contributed by atoms with Crippen LogP contribution in [0.2, 0.25) is 0 Å². The zero-order chi connectivity index (χ0) is 8.27. The predicted octanol–water partition coefficient (Wildman–Crippen LogP) is 1.27. The van der Waals surface area contributed by atoms with Crippen LogP contribution in [0.25, 0.3) is 0 Å². The number of aryl methyl sites for hydroxylation is 2. The second kappa shape index (κ2) is 3.53. The zero-order valence-electron chi connectivity index (χ0n) is 7.29. The number of nitrogens with zero attached hydrogens (tertiary/aromatic N) is 2. The summed E-state index contributed by atoms with van der Waals surface area (Å²) in [5, 5.41) is 0. The Morgan fingerprint density at radius 2 is 2.36 bits per heavy atom. The average molecular weight is 154 g/mol. The molecule has 0 fully saturated rings. The fourth-order valence-corrected chi connectivity index (χ4v) is 0.909. The molecule has 11 heavy (non-hydrogen) atoms. The van der Waals surface area contributed by atoms with E-state index in [0.717, 1.165) is 18.1 Å². The molecule has 0 unspecified atom stereocenters. The number of hydrogen-bond donors (Lipinski definition) is 0. The van der Waals surface area contributed by atoms with Gasteiger partial charge in [-0.15, -0.1) is 0 Å². The summed E-state index contributed by atoms with van der Waals surface area (Å²) in [6.45, 7) is 5.33. The van der Waals surface area contributed by atoms with Gasteiger partial charge >= 0.3 is 0 Å². The van der Waals surface area contributed by atoms with E-state index in [0.29, 0.717) is 6.61 Å². The molecule has 0 aliphatic carbocycles. The fourth-order valence-electron chi connectivity index (χ4n) is 0.909. The van der Waals surface area contributed by atoms with Crippen molar-refractivity contribution in [2.45, 2.75) is 20.5 Å². The van der Waals surface area contributed by atoms with Crippen LogP contribution in [-0.4, -0.2) is 16.2 Å². The summed E-state index contributed by atoms with van der Waals surface area (Å²) >= 11 is 0. The summed E-state index contributed by atoms with van der Waals surface area (Å²) < 4.78 is 7.21. The molecule has 0 aromatic carbocycles. The largest absolute Gasteiger partial charge is 0.375 e. The highest BCUT2D eigenvalue weighted by atomic mass is 16.5. The van der Waals surface area contributed by atoms with Crippen molar-refractivity contribution in [1.82, 2.24) is 9.55 Å². The maximum Gasteiger partial charge on any atom is 0.105 e. The van der Waals surface area contributed by atoms with E-state index < -0.39 is 0 Å². The van der Waals surface area contributed by atoms with Crippen molar-refractivity contribution in [1.29, 1.82) is 0 Å². The topological polar surface area (TPSA) is 27.1 Å². The van der Waals surface area contributed by atoms with Gasteiger partial charge in [-0.2, -0.15) is 0 Å². The molecule has 1 aromatic rings. The monoisotopic (exact) mass is 154 g/mol. The first-order valence-electron chi connectivity index (χ1n) is 3.80. The molecule has 0 amide bonds. The van der Waals surface area contributed by atoms with Gasteiger partial charge < -0.3 is 9.30 Å². The van der Waals surface area contributed by atoms with Crippen molar-refractivity contribution in [3.8, 4) is 0 Å². The highest BCUT2D eigenvalue weighted by Crippen LogP contribution is 2.00. The molecule has 1 rings (SSSR count). The van der Waals surface area contributed by atoms with Gasteiger partial charge in [0, 0.05) is 19.9 Å². The van der Waals surface area contributed by atoms with E-state index in [9.17, 15) is 0 Å². The van der Waals surface area contributed by atoms with Gasteiger partial charge in [-0.1, -0.05) is 0 Å². The van der Waals surface area contributed by atoms with Crippen LogP contribution in [0.1, 0.15) is 18.4 Å². The summed E-state index contributed by atoms with van der Waals surface area (Å²) in [6, 6.07) is 0. The Kier molecular flexibility index (Phi) is 2.65. The fraction of sp³-hybridized carbons (Fsp3) is 0.625. The number of imidazole rings is 1.